The molecule has 0 spiro atoms. The summed E-state index contributed by atoms with van der Waals surface area (Å²) in [6.07, 6.45) is 6.76. The van der Waals surface area contributed by atoms with Crippen molar-refractivity contribution in [3.05, 3.63) is 37.0 Å². The fraction of sp³-hybridized carbons (Fsp3) is 0.500. The van der Waals surface area contributed by atoms with E-state index in [1.807, 2.05) is 12.2 Å². The highest BCUT2D eigenvalue weighted by atomic mass is 16.5. The van der Waals surface area contributed by atoms with E-state index in [0.717, 1.165) is 44.8 Å². The summed E-state index contributed by atoms with van der Waals surface area (Å²) < 4.78 is 5.28. The minimum absolute atomic E-state index is 0.870. The number of ether oxygens (including phenoxy) is 1. The van der Waals surface area contributed by atoms with Crippen molar-refractivity contribution in [2.24, 2.45) is 0 Å². The average Bonchev–Trinajstić information content (AvgIpc) is 2.25. The van der Waals surface area contributed by atoms with E-state index in [1.165, 1.54) is 0 Å². The van der Waals surface area contributed by atoms with Gasteiger partial charge in [0.2, 0.25) is 0 Å². The molecule has 0 aromatic carbocycles. The van der Waals surface area contributed by atoms with Crippen molar-refractivity contribution < 1.29 is 4.74 Å². The highest BCUT2D eigenvalue weighted by Gasteiger charge is 2.09. The van der Waals surface area contributed by atoms with Gasteiger partial charge in [-0.25, -0.2) is 0 Å². The number of rotatable bonds is 5. The van der Waals surface area contributed by atoms with Crippen molar-refractivity contribution in [2.45, 2.75) is 6.42 Å². The fourth-order valence-corrected chi connectivity index (χ4v) is 1.41. The van der Waals surface area contributed by atoms with Crippen molar-refractivity contribution in [1.82, 2.24) is 4.90 Å². The third-order valence-corrected chi connectivity index (χ3v) is 2.32. The van der Waals surface area contributed by atoms with Crippen LogP contribution in [0.5, 0.6) is 0 Å². The van der Waals surface area contributed by atoms with Gasteiger partial charge in [-0.05, 0) is 6.42 Å². The Balaban J connectivity index is 2.15. The highest BCUT2D eigenvalue weighted by Crippen LogP contribution is 2.04. The van der Waals surface area contributed by atoms with Crippen LogP contribution < -0.4 is 0 Å². The molecular weight excluding hydrogens is 174 g/mol. The van der Waals surface area contributed by atoms with Crippen LogP contribution >= 0.6 is 0 Å². The topological polar surface area (TPSA) is 12.5 Å². The third-order valence-electron chi connectivity index (χ3n) is 2.32. The maximum absolute atomic E-state index is 5.28. The molecule has 0 aromatic rings. The Bertz CT molecular complexity index is 214. The van der Waals surface area contributed by atoms with Gasteiger partial charge in [0, 0.05) is 19.6 Å². The largest absolute Gasteiger partial charge is 0.379 e. The smallest absolute Gasteiger partial charge is 0.0594 e. The van der Waals surface area contributed by atoms with Crippen molar-refractivity contribution in [2.75, 3.05) is 32.8 Å². The second-order valence-corrected chi connectivity index (χ2v) is 3.46. The maximum atomic E-state index is 5.28. The Morgan fingerprint density at radius 1 is 1.36 bits per heavy atom. The summed E-state index contributed by atoms with van der Waals surface area (Å²) in [5, 5.41) is 0. The van der Waals surface area contributed by atoms with E-state index in [1.54, 1.807) is 6.08 Å². The lowest BCUT2D eigenvalue weighted by molar-refractivity contribution is 0.0385. The van der Waals surface area contributed by atoms with E-state index in [4.69, 9.17) is 4.74 Å². The molecule has 1 rings (SSSR count). The van der Waals surface area contributed by atoms with Crippen molar-refractivity contribution >= 4 is 0 Å². The Hall–Kier alpha value is -0.860. The van der Waals surface area contributed by atoms with Crippen LogP contribution in [0.25, 0.3) is 0 Å². The number of hydrogen-bond acceptors (Lipinski definition) is 2. The van der Waals surface area contributed by atoms with Crippen LogP contribution in [0.3, 0.4) is 0 Å². The van der Waals surface area contributed by atoms with Gasteiger partial charge in [-0.15, -0.1) is 0 Å². The monoisotopic (exact) mass is 193 g/mol. The Morgan fingerprint density at radius 2 is 2.07 bits per heavy atom. The minimum Gasteiger partial charge on any atom is -0.379 e. The van der Waals surface area contributed by atoms with Crippen LogP contribution in [-0.4, -0.2) is 37.7 Å². The summed E-state index contributed by atoms with van der Waals surface area (Å²) >= 11 is 0. The molecule has 0 bridgehead atoms. The zero-order valence-corrected chi connectivity index (χ0v) is 8.74. The normalized spacial score (nSPS) is 18.6. The average molecular weight is 193 g/mol. The molecule has 1 heterocycles. The molecule has 1 aliphatic heterocycles. The third kappa shape index (κ3) is 4.40. The SMILES string of the molecule is C=CC=CC(=C)CCN1CCOCC1. The van der Waals surface area contributed by atoms with E-state index >= 15 is 0 Å². The van der Waals surface area contributed by atoms with Crippen molar-refractivity contribution in [3.63, 3.8) is 0 Å². The molecule has 1 fully saturated rings. The van der Waals surface area contributed by atoms with Gasteiger partial charge in [0.25, 0.3) is 0 Å². The fourth-order valence-electron chi connectivity index (χ4n) is 1.41. The van der Waals surface area contributed by atoms with Crippen LogP contribution in [-0.2, 0) is 4.74 Å². The molecule has 78 valence electrons. The van der Waals surface area contributed by atoms with E-state index in [2.05, 4.69) is 18.1 Å². The van der Waals surface area contributed by atoms with Gasteiger partial charge < -0.3 is 4.74 Å². The van der Waals surface area contributed by atoms with Gasteiger partial charge >= 0.3 is 0 Å². The Labute approximate surface area is 86.6 Å². The van der Waals surface area contributed by atoms with Crippen LogP contribution in [0.4, 0.5) is 0 Å². The quantitative estimate of drug-likeness (QED) is 0.619. The van der Waals surface area contributed by atoms with E-state index in [-0.39, 0.29) is 0 Å². The summed E-state index contributed by atoms with van der Waals surface area (Å²) in [4.78, 5) is 2.41. The van der Waals surface area contributed by atoms with Crippen LogP contribution in [0.15, 0.2) is 37.0 Å². The molecule has 14 heavy (non-hydrogen) atoms. The Kier molecular flexibility index (Phi) is 5.27. The molecule has 2 heteroatoms. The number of nitrogens with zero attached hydrogens (tertiary/aromatic N) is 1. The summed E-state index contributed by atoms with van der Waals surface area (Å²) in [6.45, 7) is 12.5. The zero-order chi connectivity index (χ0) is 10.2. The van der Waals surface area contributed by atoms with Crippen molar-refractivity contribution in [1.29, 1.82) is 0 Å². The van der Waals surface area contributed by atoms with E-state index in [9.17, 15) is 0 Å². The summed E-state index contributed by atoms with van der Waals surface area (Å²) in [7, 11) is 0. The molecule has 0 amide bonds. The standard InChI is InChI=1S/C12H19NO/c1-3-4-5-12(2)6-7-13-8-10-14-11-9-13/h3-5H,1-2,6-11H2. The first-order valence-electron chi connectivity index (χ1n) is 5.10. The van der Waals surface area contributed by atoms with Crippen LogP contribution in [0.1, 0.15) is 6.42 Å². The predicted molar refractivity (Wildman–Crippen MR) is 60.4 cm³/mol. The lowest BCUT2D eigenvalue weighted by Gasteiger charge is -2.26. The molecule has 0 aliphatic carbocycles. The predicted octanol–water partition coefficient (Wildman–Crippen LogP) is 2.01. The molecule has 0 N–H and O–H groups in total. The minimum atomic E-state index is 0.870. The second kappa shape index (κ2) is 6.57. The van der Waals surface area contributed by atoms with Gasteiger partial charge in [-0.1, -0.05) is 37.0 Å². The number of allylic oxidation sites excluding steroid dienone is 3. The van der Waals surface area contributed by atoms with Crippen molar-refractivity contribution in [3.8, 4) is 0 Å². The van der Waals surface area contributed by atoms with E-state index < -0.39 is 0 Å². The summed E-state index contributed by atoms with van der Waals surface area (Å²) in [6, 6.07) is 0. The van der Waals surface area contributed by atoms with Gasteiger partial charge in [0.15, 0.2) is 0 Å². The molecule has 1 aliphatic rings. The van der Waals surface area contributed by atoms with Gasteiger partial charge in [-0.2, -0.15) is 0 Å². The molecular formula is C12H19NO. The first-order chi connectivity index (χ1) is 6.83. The molecule has 0 aromatic heterocycles. The molecule has 1 saturated heterocycles. The van der Waals surface area contributed by atoms with E-state index in [0.29, 0.717) is 0 Å². The first kappa shape index (κ1) is 11.2. The molecule has 0 unspecified atom stereocenters. The molecule has 0 radical (unpaired) electrons. The maximum Gasteiger partial charge on any atom is 0.0594 e. The second-order valence-electron chi connectivity index (χ2n) is 3.46. The van der Waals surface area contributed by atoms with Gasteiger partial charge in [0.1, 0.15) is 0 Å². The van der Waals surface area contributed by atoms with Gasteiger partial charge in [-0.3, -0.25) is 4.90 Å². The number of morpholine rings is 1. The zero-order valence-electron chi connectivity index (χ0n) is 8.74. The first-order valence-corrected chi connectivity index (χ1v) is 5.10. The summed E-state index contributed by atoms with van der Waals surface area (Å²) in [5.41, 5.74) is 1.16. The highest BCUT2D eigenvalue weighted by molar-refractivity contribution is 5.18. The van der Waals surface area contributed by atoms with Crippen LogP contribution in [0.2, 0.25) is 0 Å². The lowest BCUT2D eigenvalue weighted by Crippen LogP contribution is -2.36. The summed E-state index contributed by atoms with van der Waals surface area (Å²) in [5.74, 6) is 0. The molecule has 0 atom stereocenters. The van der Waals surface area contributed by atoms with Gasteiger partial charge in [0.05, 0.1) is 13.2 Å². The van der Waals surface area contributed by atoms with Crippen LogP contribution in [0, 0.1) is 0 Å². The lowest BCUT2D eigenvalue weighted by atomic mass is 10.2. The molecule has 2 nitrogen and oxygen atoms in total. The Morgan fingerprint density at radius 3 is 2.71 bits per heavy atom. The number of hydrogen-bond donors (Lipinski definition) is 0. The molecule has 0 saturated carbocycles.